The molecule has 0 aliphatic rings. The van der Waals surface area contributed by atoms with Crippen LogP contribution in [0.4, 0.5) is 0 Å². The van der Waals surface area contributed by atoms with Gasteiger partial charge in [0.25, 0.3) is 0 Å². The lowest BCUT2D eigenvalue weighted by atomic mass is 10.3. The van der Waals surface area contributed by atoms with Crippen LogP contribution in [0, 0.1) is 0 Å². The number of aliphatic carboxylic acids is 1. The molecule has 1 aromatic rings. The van der Waals surface area contributed by atoms with Crippen LogP contribution in [0.1, 0.15) is 19.3 Å². The van der Waals surface area contributed by atoms with Crippen molar-refractivity contribution in [2.24, 2.45) is 0 Å². The van der Waals surface area contributed by atoms with Gasteiger partial charge in [-0.05, 0) is 18.6 Å². The summed E-state index contributed by atoms with van der Waals surface area (Å²) in [6.07, 6.45) is 0.927. The number of halogens is 1. The van der Waals surface area contributed by atoms with Gasteiger partial charge in [0.2, 0.25) is 5.91 Å². The number of amides is 1. The number of benzene rings is 1. The fourth-order valence-corrected chi connectivity index (χ4v) is 2.56. The topological polar surface area (TPSA) is 66.4 Å². The SMILES string of the molecule is O=C(O)CCCNC(=O)CCSc1ccccc1Cl. The molecule has 2 N–H and O–H groups in total. The van der Waals surface area contributed by atoms with E-state index in [9.17, 15) is 9.59 Å². The fourth-order valence-electron chi connectivity index (χ4n) is 1.37. The molecule has 1 rings (SSSR count). The van der Waals surface area contributed by atoms with Crippen molar-refractivity contribution >= 4 is 35.2 Å². The van der Waals surface area contributed by atoms with E-state index in [1.54, 1.807) is 0 Å². The second-order valence-electron chi connectivity index (χ2n) is 3.88. The Morgan fingerprint density at radius 1 is 1.26 bits per heavy atom. The second-order valence-corrected chi connectivity index (χ2v) is 5.42. The van der Waals surface area contributed by atoms with E-state index in [1.165, 1.54) is 11.8 Å². The molecule has 0 aromatic heterocycles. The molecule has 0 unspecified atom stereocenters. The molecule has 6 heteroatoms. The van der Waals surface area contributed by atoms with Crippen molar-refractivity contribution < 1.29 is 14.7 Å². The molecule has 104 valence electrons. The Balaban J connectivity index is 2.14. The van der Waals surface area contributed by atoms with Crippen molar-refractivity contribution in [2.75, 3.05) is 12.3 Å². The number of hydrogen-bond donors (Lipinski definition) is 2. The van der Waals surface area contributed by atoms with Gasteiger partial charge >= 0.3 is 5.97 Å². The Hall–Kier alpha value is -1.20. The summed E-state index contributed by atoms with van der Waals surface area (Å²) in [6.45, 7) is 0.405. The largest absolute Gasteiger partial charge is 0.481 e. The third-order valence-corrected chi connectivity index (χ3v) is 3.83. The molecule has 0 spiro atoms. The molecule has 1 amide bonds. The molecule has 0 saturated heterocycles. The van der Waals surface area contributed by atoms with Gasteiger partial charge in [-0.1, -0.05) is 23.7 Å². The summed E-state index contributed by atoms with van der Waals surface area (Å²) in [4.78, 5) is 22.7. The summed E-state index contributed by atoms with van der Waals surface area (Å²) in [5.41, 5.74) is 0. The quantitative estimate of drug-likeness (QED) is 0.572. The minimum Gasteiger partial charge on any atom is -0.481 e. The molecule has 1 aromatic carbocycles. The molecule has 0 atom stereocenters. The number of carbonyl (C=O) groups is 2. The van der Waals surface area contributed by atoms with E-state index in [0.717, 1.165) is 4.90 Å². The highest BCUT2D eigenvalue weighted by Crippen LogP contribution is 2.26. The van der Waals surface area contributed by atoms with Crippen LogP contribution in [-0.4, -0.2) is 29.3 Å². The minimum atomic E-state index is -0.844. The minimum absolute atomic E-state index is 0.0649. The van der Waals surface area contributed by atoms with Gasteiger partial charge in [0.1, 0.15) is 0 Å². The Labute approximate surface area is 121 Å². The van der Waals surface area contributed by atoms with Crippen LogP contribution in [0.15, 0.2) is 29.2 Å². The van der Waals surface area contributed by atoms with Gasteiger partial charge in [-0.15, -0.1) is 11.8 Å². The van der Waals surface area contributed by atoms with Crippen LogP contribution in [0.2, 0.25) is 5.02 Å². The van der Waals surface area contributed by atoms with Crippen molar-refractivity contribution in [3.8, 4) is 0 Å². The van der Waals surface area contributed by atoms with Crippen LogP contribution in [0.3, 0.4) is 0 Å². The van der Waals surface area contributed by atoms with Crippen LogP contribution in [0.25, 0.3) is 0 Å². The number of hydrogen-bond acceptors (Lipinski definition) is 3. The molecule has 0 fully saturated rings. The maximum atomic E-state index is 11.5. The number of carboxylic acids is 1. The van der Waals surface area contributed by atoms with Crippen LogP contribution >= 0.6 is 23.4 Å². The fraction of sp³-hybridized carbons (Fsp3) is 0.385. The maximum absolute atomic E-state index is 11.5. The first-order valence-corrected chi connectivity index (χ1v) is 7.32. The molecule has 19 heavy (non-hydrogen) atoms. The van der Waals surface area contributed by atoms with E-state index < -0.39 is 5.97 Å². The molecule has 0 heterocycles. The molecule has 0 aliphatic heterocycles. The molecule has 0 saturated carbocycles. The number of thioether (sulfide) groups is 1. The lowest BCUT2D eigenvalue weighted by Crippen LogP contribution is -2.25. The Kier molecular flexibility index (Phi) is 7.36. The average molecular weight is 302 g/mol. The van der Waals surface area contributed by atoms with Gasteiger partial charge in [0.05, 0.1) is 5.02 Å². The van der Waals surface area contributed by atoms with Crippen LogP contribution in [-0.2, 0) is 9.59 Å². The summed E-state index contributed by atoms with van der Waals surface area (Å²) in [5.74, 6) is -0.262. The van der Waals surface area contributed by atoms with Gasteiger partial charge in [0.15, 0.2) is 0 Å². The Morgan fingerprint density at radius 3 is 2.68 bits per heavy atom. The summed E-state index contributed by atoms with van der Waals surface area (Å²) in [7, 11) is 0. The first-order chi connectivity index (χ1) is 9.09. The predicted octanol–water partition coefficient (Wildman–Crippen LogP) is 2.80. The monoisotopic (exact) mass is 301 g/mol. The molecular weight excluding hydrogens is 286 g/mol. The summed E-state index contributed by atoms with van der Waals surface area (Å²) in [6, 6.07) is 7.50. The number of carbonyl (C=O) groups excluding carboxylic acids is 1. The average Bonchev–Trinajstić information content (AvgIpc) is 2.37. The van der Waals surface area contributed by atoms with Crippen molar-refractivity contribution in [1.82, 2.24) is 5.32 Å². The number of carboxylic acid groups (broad SMARTS) is 1. The van der Waals surface area contributed by atoms with Crippen molar-refractivity contribution in [2.45, 2.75) is 24.2 Å². The maximum Gasteiger partial charge on any atom is 0.303 e. The van der Waals surface area contributed by atoms with E-state index in [4.69, 9.17) is 16.7 Å². The molecule has 0 radical (unpaired) electrons. The third kappa shape index (κ3) is 7.08. The zero-order valence-electron chi connectivity index (χ0n) is 10.4. The van der Waals surface area contributed by atoms with Crippen LogP contribution < -0.4 is 5.32 Å². The molecule has 0 aliphatic carbocycles. The first-order valence-electron chi connectivity index (χ1n) is 5.95. The lowest BCUT2D eigenvalue weighted by Gasteiger charge is -2.05. The van der Waals surface area contributed by atoms with Gasteiger partial charge in [-0.3, -0.25) is 9.59 Å². The summed E-state index contributed by atoms with van der Waals surface area (Å²) in [5, 5.41) is 11.8. The first kappa shape index (κ1) is 15.9. The molecule has 0 bridgehead atoms. The van der Waals surface area contributed by atoms with E-state index >= 15 is 0 Å². The van der Waals surface area contributed by atoms with Gasteiger partial charge in [-0.2, -0.15) is 0 Å². The lowest BCUT2D eigenvalue weighted by molar-refractivity contribution is -0.137. The van der Waals surface area contributed by atoms with E-state index in [2.05, 4.69) is 5.32 Å². The van der Waals surface area contributed by atoms with Crippen molar-refractivity contribution in [3.63, 3.8) is 0 Å². The van der Waals surface area contributed by atoms with E-state index in [1.807, 2.05) is 24.3 Å². The van der Waals surface area contributed by atoms with Gasteiger partial charge < -0.3 is 10.4 Å². The molecular formula is C13H16ClNO3S. The highest BCUT2D eigenvalue weighted by atomic mass is 35.5. The molecule has 4 nitrogen and oxygen atoms in total. The predicted molar refractivity (Wildman–Crippen MR) is 76.7 cm³/mol. The smallest absolute Gasteiger partial charge is 0.303 e. The zero-order valence-corrected chi connectivity index (χ0v) is 12.0. The van der Waals surface area contributed by atoms with Gasteiger partial charge in [-0.25, -0.2) is 0 Å². The van der Waals surface area contributed by atoms with E-state index in [0.29, 0.717) is 30.2 Å². The Bertz CT molecular complexity index is 440. The standard InChI is InChI=1S/C13H16ClNO3S/c14-10-4-1-2-5-11(10)19-9-7-12(16)15-8-3-6-13(17)18/h1-2,4-5H,3,6-9H2,(H,15,16)(H,17,18). The highest BCUT2D eigenvalue weighted by molar-refractivity contribution is 7.99. The van der Waals surface area contributed by atoms with Gasteiger partial charge in [0, 0.05) is 30.0 Å². The van der Waals surface area contributed by atoms with Crippen molar-refractivity contribution in [1.29, 1.82) is 0 Å². The second kappa shape index (κ2) is 8.82. The number of rotatable bonds is 8. The Morgan fingerprint density at radius 2 is 2.00 bits per heavy atom. The highest BCUT2D eigenvalue weighted by Gasteiger charge is 2.04. The van der Waals surface area contributed by atoms with Crippen molar-refractivity contribution in [3.05, 3.63) is 29.3 Å². The summed E-state index contributed by atoms with van der Waals surface area (Å²) >= 11 is 7.53. The number of nitrogens with one attached hydrogen (secondary N) is 1. The zero-order chi connectivity index (χ0) is 14.1. The van der Waals surface area contributed by atoms with E-state index in [-0.39, 0.29) is 12.3 Å². The summed E-state index contributed by atoms with van der Waals surface area (Å²) < 4.78 is 0. The normalized spacial score (nSPS) is 10.2. The van der Waals surface area contributed by atoms with Crippen LogP contribution in [0.5, 0.6) is 0 Å². The third-order valence-electron chi connectivity index (χ3n) is 2.31.